The van der Waals surface area contributed by atoms with Crippen molar-refractivity contribution in [1.29, 1.82) is 0 Å². The summed E-state index contributed by atoms with van der Waals surface area (Å²) in [5.41, 5.74) is 2.33. The van der Waals surface area contributed by atoms with Crippen LogP contribution in [0, 0.1) is 0 Å². The van der Waals surface area contributed by atoms with Gasteiger partial charge < -0.3 is 9.73 Å². The van der Waals surface area contributed by atoms with Gasteiger partial charge in [-0.1, -0.05) is 15.9 Å². The smallest absolute Gasteiger partial charge is 0.237 e. The lowest BCUT2D eigenvalue weighted by atomic mass is 10.3. The summed E-state index contributed by atoms with van der Waals surface area (Å²) in [5, 5.41) is 2.82. The number of alkyl halides is 1. The molecule has 5 heteroatoms. The SMILES string of the molecule is CC(Br)C(=O)Nc1ccc2oc(C3CC3)nc2c1. The Bertz CT molecular complexity index is 602. The van der Waals surface area contributed by atoms with Crippen molar-refractivity contribution in [2.45, 2.75) is 30.5 Å². The molecular weight excluding hydrogens is 296 g/mol. The second-order valence-electron chi connectivity index (χ2n) is 4.61. The number of halogens is 1. The van der Waals surface area contributed by atoms with E-state index in [0.29, 0.717) is 5.92 Å². The van der Waals surface area contributed by atoms with Crippen LogP contribution < -0.4 is 5.32 Å². The van der Waals surface area contributed by atoms with Gasteiger partial charge in [-0.15, -0.1) is 0 Å². The molecule has 4 nitrogen and oxygen atoms in total. The molecule has 1 atom stereocenters. The minimum absolute atomic E-state index is 0.0692. The predicted molar refractivity (Wildman–Crippen MR) is 73.0 cm³/mol. The minimum atomic E-state index is -0.215. The summed E-state index contributed by atoms with van der Waals surface area (Å²) < 4.78 is 5.67. The Kier molecular flexibility index (Phi) is 2.86. The first kappa shape index (κ1) is 11.7. The fourth-order valence-corrected chi connectivity index (χ4v) is 1.88. The molecule has 0 radical (unpaired) electrons. The van der Waals surface area contributed by atoms with Crippen LogP contribution in [0.3, 0.4) is 0 Å². The zero-order valence-electron chi connectivity index (χ0n) is 9.94. The number of carbonyl (C=O) groups excluding carboxylic acids is 1. The molecule has 0 spiro atoms. The zero-order chi connectivity index (χ0) is 12.7. The summed E-state index contributed by atoms with van der Waals surface area (Å²) in [6, 6.07) is 5.53. The number of hydrogen-bond donors (Lipinski definition) is 1. The first-order chi connectivity index (χ1) is 8.63. The molecule has 0 saturated heterocycles. The lowest BCUT2D eigenvalue weighted by Crippen LogP contribution is -2.19. The Labute approximate surface area is 113 Å². The van der Waals surface area contributed by atoms with Crippen LogP contribution in [0.25, 0.3) is 11.1 Å². The average molecular weight is 309 g/mol. The number of amides is 1. The number of hydrogen-bond acceptors (Lipinski definition) is 3. The van der Waals surface area contributed by atoms with E-state index in [1.807, 2.05) is 18.2 Å². The number of nitrogens with one attached hydrogen (secondary N) is 1. The Morgan fingerprint density at radius 3 is 3.00 bits per heavy atom. The molecule has 1 heterocycles. The van der Waals surface area contributed by atoms with Crippen LogP contribution in [0.4, 0.5) is 5.69 Å². The van der Waals surface area contributed by atoms with Crippen LogP contribution in [-0.4, -0.2) is 15.7 Å². The number of rotatable bonds is 3. The third kappa shape index (κ3) is 2.27. The van der Waals surface area contributed by atoms with Gasteiger partial charge in [0.05, 0.1) is 4.83 Å². The quantitative estimate of drug-likeness (QED) is 0.884. The summed E-state index contributed by atoms with van der Waals surface area (Å²) in [5.74, 6) is 1.25. The molecule has 1 fully saturated rings. The van der Waals surface area contributed by atoms with E-state index in [4.69, 9.17) is 4.42 Å². The molecule has 1 unspecified atom stereocenters. The van der Waals surface area contributed by atoms with E-state index in [1.165, 1.54) is 0 Å². The van der Waals surface area contributed by atoms with Gasteiger partial charge in [-0.3, -0.25) is 4.79 Å². The van der Waals surface area contributed by atoms with Crippen LogP contribution >= 0.6 is 15.9 Å². The molecule has 1 saturated carbocycles. The number of oxazole rings is 1. The van der Waals surface area contributed by atoms with E-state index in [-0.39, 0.29) is 10.7 Å². The number of fused-ring (bicyclic) bond motifs is 1. The Morgan fingerprint density at radius 1 is 1.56 bits per heavy atom. The first-order valence-corrected chi connectivity index (χ1v) is 6.90. The van der Waals surface area contributed by atoms with Crippen molar-refractivity contribution in [3.05, 3.63) is 24.1 Å². The number of nitrogens with zero attached hydrogens (tertiary/aromatic N) is 1. The van der Waals surface area contributed by atoms with Crippen LogP contribution in [0.5, 0.6) is 0 Å². The molecule has 1 aliphatic carbocycles. The maximum atomic E-state index is 11.6. The van der Waals surface area contributed by atoms with E-state index in [2.05, 4.69) is 26.2 Å². The highest BCUT2D eigenvalue weighted by atomic mass is 79.9. The van der Waals surface area contributed by atoms with E-state index in [1.54, 1.807) is 6.92 Å². The highest BCUT2D eigenvalue weighted by Crippen LogP contribution is 2.40. The van der Waals surface area contributed by atoms with Gasteiger partial charge in [0.1, 0.15) is 5.52 Å². The third-order valence-electron chi connectivity index (χ3n) is 2.96. The first-order valence-electron chi connectivity index (χ1n) is 5.99. The minimum Gasteiger partial charge on any atom is -0.440 e. The number of anilines is 1. The summed E-state index contributed by atoms with van der Waals surface area (Å²) in [6.07, 6.45) is 2.33. The molecule has 2 aromatic rings. The van der Waals surface area contributed by atoms with Crippen LogP contribution in [0.1, 0.15) is 31.6 Å². The Hall–Kier alpha value is -1.36. The fourth-order valence-electron chi connectivity index (χ4n) is 1.77. The van der Waals surface area contributed by atoms with Crippen LogP contribution in [-0.2, 0) is 4.79 Å². The second-order valence-corrected chi connectivity index (χ2v) is 5.99. The molecule has 3 rings (SSSR count). The van der Waals surface area contributed by atoms with Crippen molar-refractivity contribution in [2.75, 3.05) is 5.32 Å². The van der Waals surface area contributed by atoms with Gasteiger partial charge in [0.15, 0.2) is 11.5 Å². The molecule has 0 bridgehead atoms. The van der Waals surface area contributed by atoms with Gasteiger partial charge in [0.2, 0.25) is 5.91 Å². The van der Waals surface area contributed by atoms with E-state index >= 15 is 0 Å². The second kappa shape index (κ2) is 4.39. The molecule has 1 aliphatic rings. The zero-order valence-corrected chi connectivity index (χ0v) is 11.5. The Morgan fingerprint density at radius 2 is 2.33 bits per heavy atom. The topological polar surface area (TPSA) is 55.1 Å². The standard InChI is InChI=1S/C13H13BrN2O2/c1-7(14)12(17)15-9-4-5-11-10(6-9)16-13(18-11)8-2-3-8/h4-8H,2-3H2,1H3,(H,15,17). The molecule has 94 valence electrons. The molecule has 18 heavy (non-hydrogen) atoms. The third-order valence-corrected chi connectivity index (χ3v) is 3.38. The maximum Gasteiger partial charge on any atom is 0.237 e. The van der Waals surface area contributed by atoms with Crippen molar-refractivity contribution in [2.24, 2.45) is 0 Å². The van der Waals surface area contributed by atoms with Crippen molar-refractivity contribution in [1.82, 2.24) is 4.98 Å². The Balaban J connectivity index is 1.88. The number of benzene rings is 1. The van der Waals surface area contributed by atoms with Gasteiger partial charge in [0.25, 0.3) is 0 Å². The summed E-state index contributed by atoms with van der Waals surface area (Å²) in [7, 11) is 0. The average Bonchev–Trinajstić information content (AvgIpc) is 3.09. The molecule has 0 aliphatic heterocycles. The van der Waals surface area contributed by atoms with Gasteiger partial charge in [-0.05, 0) is 38.0 Å². The molecule has 1 N–H and O–H groups in total. The molecule has 1 aromatic carbocycles. The molecule has 1 aromatic heterocycles. The molecule has 1 amide bonds. The van der Waals surface area contributed by atoms with Gasteiger partial charge in [0, 0.05) is 11.6 Å². The fraction of sp³-hybridized carbons (Fsp3) is 0.385. The maximum absolute atomic E-state index is 11.6. The van der Waals surface area contributed by atoms with Gasteiger partial charge in [-0.2, -0.15) is 0 Å². The van der Waals surface area contributed by atoms with E-state index < -0.39 is 0 Å². The highest BCUT2D eigenvalue weighted by Gasteiger charge is 2.28. The summed E-state index contributed by atoms with van der Waals surface area (Å²) >= 11 is 3.23. The lowest BCUT2D eigenvalue weighted by molar-refractivity contribution is -0.115. The molecular formula is C13H13BrN2O2. The summed E-state index contributed by atoms with van der Waals surface area (Å²) in [4.78, 5) is 15.8. The lowest BCUT2D eigenvalue weighted by Gasteiger charge is -2.05. The van der Waals surface area contributed by atoms with E-state index in [9.17, 15) is 4.79 Å². The number of carbonyl (C=O) groups is 1. The normalized spacial score (nSPS) is 16.8. The summed E-state index contributed by atoms with van der Waals surface area (Å²) in [6.45, 7) is 1.79. The van der Waals surface area contributed by atoms with E-state index in [0.717, 1.165) is 35.5 Å². The highest BCUT2D eigenvalue weighted by molar-refractivity contribution is 9.10. The monoisotopic (exact) mass is 308 g/mol. The van der Waals surface area contributed by atoms with Gasteiger partial charge in [-0.25, -0.2) is 4.98 Å². The van der Waals surface area contributed by atoms with Crippen LogP contribution in [0.2, 0.25) is 0 Å². The van der Waals surface area contributed by atoms with Crippen molar-refractivity contribution < 1.29 is 9.21 Å². The largest absolute Gasteiger partial charge is 0.440 e. The number of aromatic nitrogens is 1. The predicted octanol–water partition coefficient (Wildman–Crippen LogP) is 3.43. The van der Waals surface area contributed by atoms with Crippen LogP contribution in [0.15, 0.2) is 22.6 Å². The van der Waals surface area contributed by atoms with Crippen molar-refractivity contribution in [3.63, 3.8) is 0 Å². The van der Waals surface area contributed by atoms with Crippen molar-refractivity contribution >= 4 is 38.6 Å². The van der Waals surface area contributed by atoms with Crippen molar-refractivity contribution in [3.8, 4) is 0 Å². The van der Waals surface area contributed by atoms with Gasteiger partial charge >= 0.3 is 0 Å².